The average Bonchev–Trinajstić information content (AvgIpc) is 3.08. The van der Waals surface area contributed by atoms with E-state index in [2.05, 4.69) is 28.5 Å². The van der Waals surface area contributed by atoms with Crippen molar-refractivity contribution in [3.63, 3.8) is 0 Å². The number of hydrogen-bond acceptors (Lipinski definition) is 11. The van der Waals surface area contributed by atoms with Gasteiger partial charge in [-0.05, 0) is 80.9 Å². The number of aromatic hydroxyl groups is 1. The summed E-state index contributed by atoms with van der Waals surface area (Å²) in [6.07, 6.45) is 14.1. The van der Waals surface area contributed by atoms with Crippen molar-refractivity contribution in [2.24, 2.45) is 34.5 Å². The summed E-state index contributed by atoms with van der Waals surface area (Å²) in [6.45, 7) is 14.1. The van der Waals surface area contributed by atoms with Gasteiger partial charge in [0.2, 0.25) is 0 Å². The van der Waals surface area contributed by atoms with Crippen LogP contribution in [-0.2, 0) is 14.9 Å². The number of hydrogen-bond donors (Lipinski definition) is 4. The number of piperazine rings is 1. The summed E-state index contributed by atoms with van der Waals surface area (Å²) in [5.41, 5.74) is 21.9. The van der Waals surface area contributed by atoms with Crippen LogP contribution in [0, 0.1) is 17.3 Å². The molecule has 0 bridgehead atoms. The summed E-state index contributed by atoms with van der Waals surface area (Å²) in [5, 5.41) is 10.3. The maximum Gasteiger partial charge on any atom is 0.308 e. The number of esters is 1. The molecule has 2 aliphatic heterocycles. The highest BCUT2D eigenvalue weighted by Crippen LogP contribution is 2.60. The summed E-state index contributed by atoms with van der Waals surface area (Å²) >= 11 is 0. The van der Waals surface area contributed by atoms with Gasteiger partial charge in [0, 0.05) is 62.0 Å². The third-order valence-corrected chi connectivity index (χ3v) is 11.7. The minimum atomic E-state index is -0.0971. The van der Waals surface area contributed by atoms with Gasteiger partial charge in [0.25, 0.3) is 0 Å². The smallest absolute Gasteiger partial charge is 0.308 e. The largest absolute Gasteiger partial charge is 0.507 e. The van der Waals surface area contributed by atoms with E-state index >= 15 is 0 Å². The second-order valence-electron chi connectivity index (χ2n) is 14.9. The Bertz CT molecular complexity index is 1500. The molecule has 3 heterocycles. The molecular weight excluding hydrogens is 628 g/mol. The molecule has 2 aliphatic carbocycles. The Balaban J connectivity index is 0.00000239. The summed E-state index contributed by atoms with van der Waals surface area (Å²) in [7, 11) is 1.50. The van der Waals surface area contributed by atoms with Gasteiger partial charge < -0.3 is 36.8 Å². The van der Waals surface area contributed by atoms with Gasteiger partial charge in [0.1, 0.15) is 17.4 Å². The molecule has 6 rings (SSSR count). The van der Waals surface area contributed by atoms with Gasteiger partial charge in [-0.25, -0.2) is 9.97 Å². The van der Waals surface area contributed by atoms with E-state index in [0.717, 1.165) is 89.3 Å². The maximum atomic E-state index is 11.8. The zero-order valence-electron chi connectivity index (χ0n) is 30.9. The number of ether oxygens (including phenoxy) is 1. The van der Waals surface area contributed by atoms with Crippen LogP contribution in [-0.4, -0.2) is 83.3 Å². The van der Waals surface area contributed by atoms with Crippen LogP contribution in [0.1, 0.15) is 90.4 Å². The Morgan fingerprint density at radius 2 is 1.66 bits per heavy atom. The van der Waals surface area contributed by atoms with Gasteiger partial charge in [-0.1, -0.05) is 39.8 Å². The first-order valence-corrected chi connectivity index (χ1v) is 18.7. The van der Waals surface area contributed by atoms with E-state index in [1.165, 1.54) is 20.0 Å². The number of nitrogens with two attached hydrogens (primary N) is 3. The second kappa shape index (κ2) is 15.9. The summed E-state index contributed by atoms with van der Waals surface area (Å²) in [4.78, 5) is 29.2. The number of carbonyl (C=O) groups is 1. The monoisotopic (exact) mass is 688 g/mol. The van der Waals surface area contributed by atoms with Gasteiger partial charge in [0.15, 0.2) is 0 Å². The number of likely N-dealkylation sites (tertiary alicyclic amines) is 1. The molecule has 2 aromatic rings. The molecule has 2 atom stereocenters. The van der Waals surface area contributed by atoms with Crippen molar-refractivity contribution in [2.45, 2.75) is 90.5 Å². The number of para-hydroxylation sites is 1. The Morgan fingerprint density at radius 3 is 2.26 bits per heavy atom. The van der Waals surface area contributed by atoms with E-state index in [1.54, 1.807) is 24.3 Å². The van der Waals surface area contributed by atoms with Crippen molar-refractivity contribution in [1.82, 2.24) is 19.8 Å². The zero-order chi connectivity index (χ0) is 36.1. The molecule has 1 spiro atoms. The van der Waals surface area contributed by atoms with Crippen LogP contribution >= 0.6 is 0 Å². The van der Waals surface area contributed by atoms with E-state index < -0.39 is 0 Å². The van der Waals surface area contributed by atoms with E-state index in [4.69, 9.17) is 31.9 Å². The fraction of sp³-hybridized carbons (Fsp3) is 0.615. The van der Waals surface area contributed by atoms with Gasteiger partial charge in [-0.15, -0.1) is 0 Å². The number of nitrogens with zero attached hydrogens (tertiary/aromatic N) is 5. The Morgan fingerprint density at radius 1 is 1.00 bits per heavy atom. The average molecular weight is 689 g/mol. The minimum absolute atomic E-state index is 0.0347. The standard InChI is InChI=1S/C37H54N8O3.C2H6/c1-4-37(10-7-11-45(24-25(2)17-37)31(33(39)40)16-30(38)29-8-5-6-9-32(29)46)35-41-22-28(23-42-35)44-14-12-43(13-15-44)27-20-36(21-27)18-26(19-36)34(47)48-3;1-2/h5-6,8-9,16,22-23,25-27,46H,4,7,10-15,17-21,24,38-40H2,1-3H3;1-2H3/b30-16-;. The molecular formula is C39H60N8O3. The predicted octanol–water partition coefficient (Wildman–Crippen LogP) is 4.92. The number of rotatable bonds is 8. The third-order valence-electron chi connectivity index (χ3n) is 11.7. The van der Waals surface area contributed by atoms with Crippen molar-refractivity contribution in [3.8, 4) is 5.75 Å². The molecule has 2 saturated carbocycles. The topological polar surface area (TPSA) is 160 Å². The van der Waals surface area contributed by atoms with Crippen LogP contribution in [0.4, 0.5) is 5.69 Å². The molecule has 0 radical (unpaired) electrons. The molecule has 4 fully saturated rings. The molecule has 1 aromatic carbocycles. The van der Waals surface area contributed by atoms with Crippen LogP contribution in [0.5, 0.6) is 5.75 Å². The van der Waals surface area contributed by atoms with Crippen molar-refractivity contribution in [2.75, 3.05) is 51.3 Å². The molecule has 0 amide bonds. The van der Waals surface area contributed by atoms with Crippen LogP contribution in [0.15, 0.2) is 54.3 Å². The van der Waals surface area contributed by atoms with Crippen molar-refractivity contribution >= 4 is 17.4 Å². The fourth-order valence-corrected chi connectivity index (χ4v) is 9.06. The number of benzene rings is 1. The lowest BCUT2D eigenvalue weighted by molar-refractivity contribution is -0.163. The van der Waals surface area contributed by atoms with Crippen LogP contribution < -0.4 is 22.1 Å². The number of carbonyl (C=O) groups excluding carboxylic acids is 1. The lowest BCUT2D eigenvalue weighted by Gasteiger charge is -2.60. The highest BCUT2D eigenvalue weighted by molar-refractivity contribution is 5.73. The van der Waals surface area contributed by atoms with Crippen LogP contribution in [0.2, 0.25) is 0 Å². The molecule has 2 saturated heterocycles. The number of allylic oxidation sites excluding steroid dienone is 1. The van der Waals surface area contributed by atoms with E-state index in [1.807, 2.05) is 32.3 Å². The van der Waals surface area contributed by atoms with Gasteiger partial charge >= 0.3 is 5.97 Å². The quantitative estimate of drug-likeness (QED) is 0.220. The molecule has 1 aromatic heterocycles. The lowest BCUT2D eigenvalue weighted by Crippen LogP contribution is -2.60. The number of aromatic nitrogens is 2. The summed E-state index contributed by atoms with van der Waals surface area (Å²) in [6, 6.07) is 7.65. The molecule has 2 unspecified atom stereocenters. The number of methoxy groups -OCH3 is 1. The van der Waals surface area contributed by atoms with Crippen LogP contribution in [0.25, 0.3) is 5.70 Å². The highest BCUT2D eigenvalue weighted by atomic mass is 16.5. The van der Waals surface area contributed by atoms with Gasteiger partial charge in [-0.3, -0.25) is 9.69 Å². The molecule has 50 heavy (non-hydrogen) atoms. The Kier molecular flexibility index (Phi) is 11.9. The molecule has 4 aliphatic rings. The fourth-order valence-electron chi connectivity index (χ4n) is 9.06. The third kappa shape index (κ3) is 7.82. The van der Waals surface area contributed by atoms with E-state index in [0.29, 0.717) is 34.3 Å². The first kappa shape index (κ1) is 37.3. The second-order valence-corrected chi connectivity index (χ2v) is 14.9. The summed E-state index contributed by atoms with van der Waals surface area (Å²) < 4.78 is 4.94. The maximum absolute atomic E-state index is 11.8. The predicted molar refractivity (Wildman–Crippen MR) is 200 cm³/mol. The number of phenols is 1. The number of phenolic OH excluding ortho intramolecular Hbond substituents is 1. The first-order chi connectivity index (χ1) is 24.0. The Hall–Kier alpha value is -3.99. The normalized spacial score (nSPS) is 28.7. The highest BCUT2D eigenvalue weighted by Gasteiger charge is 2.56. The van der Waals surface area contributed by atoms with Crippen molar-refractivity contribution in [1.29, 1.82) is 0 Å². The van der Waals surface area contributed by atoms with E-state index in [-0.39, 0.29) is 28.9 Å². The molecule has 7 N–H and O–H groups in total. The lowest BCUT2D eigenvalue weighted by atomic mass is 9.49. The molecule has 11 heteroatoms. The summed E-state index contributed by atoms with van der Waals surface area (Å²) in [5.74, 6) is 1.69. The molecule has 11 nitrogen and oxygen atoms in total. The minimum Gasteiger partial charge on any atom is -0.507 e. The van der Waals surface area contributed by atoms with E-state index in [9.17, 15) is 9.90 Å². The number of anilines is 1. The van der Waals surface area contributed by atoms with Gasteiger partial charge in [0.05, 0.1) is 36.8 Å². The van der Waals surface area contributed by atoms with Gasteiger partial charge in [-0.2, -0.15) is 0 Å². The first-order valence-electron chi connectivity index (χ1n) is 18.7. The molecule has 274 valence electrons. The van der Waals surface area contributed by atoms with Crippen LogP contribution in [0.3, 0.4) is 0 Å². The SMILES string of the molecule is CC.CCC1(c2ncc(N3CCN(C4CC5(CC(C(=O)OC)C5)C4)CC3)cn2)CCCN(C(/C=C(\N)c2ccccc2O)=C(N)N)CC(C)C1. The zero-order valence-corrected chi connectivity index (χ0v) is 30.9. The van der Waals surface area contributed by atoms with Crippen molar-refractivity contribution in [3.05, 3.63) is 65.6 Å². The Labute approximate surface area is 298 Å². The van der Waals surface area contributed by atoms with Crippen molar-refractivity contribution < 1.29 is 14.6 Å².